The molecule has 0 amide bonds. The van der Waals surface area contributed by atoms with Crippen molar-refractivity contribution in [2.45, 2.75) is 4.32 Å². The quantitative estimate of drug-likeness (QED) is 0.397. The molecule has 0 saturated carbocycles. The molecule has 0 saturated heterocycles. The fourth-order valence-corrected chi connectivity index (χ4v) is 3.50. The number of benzene rings is 3. The molecule has 3 rings (SSSR count). The molecule has 104 valence electrons. The van der Waals surface area contributed by atoms with Crippen LogP contribution in [0.15, 0.2) is 84.9 Å². The minimum Gasteiger partial charge on any atom is -0.0843 e. The van der Waals surface area contributed by atoms with E-state index in [0.29, 0.717) is 0 Å². The molecule has 0 aliphatic carbocycles. The van der Waals surface area contributed by atoms with Crippen LogP contribution in [0, 0.1) is 0 Å². The largest absolute Gasteiger partial charge is 0.100 e. The highest BCUT2D eigenvalue weighted by Gasteiger charge is 2.33. The van der Waals surface area contributed by atoms with Gasteiger partial charge < -0.3 is 0 Å². The summed E-state index contributed by atoms with van der Waals surface area (Å²) in [5, 5.41) is 0.739. The minimum atomic E-state index is -0.402. The van der Waals surface area contributed by atoms with Gasteiger partial charge in [-0.3, -0.25) is 0 Å². The Kier molecular flexibility index (Phi) is 4.14. The lowest BCUT2D eigenvalue weighted by Gasteiger charge is -2.29. The summed E-state index contributed by atoms with van der Waals surface area (Å²) in [5.74, 6) is 0. The Morgan fingerprint density at radius 2 is 1.10 bits per heavy atom. The highest BCUT2D eigenvalue weighted by molar-refractivity contribution is 9.10. The van der Waals surface area contributed by atoms with Crippen molar-refractivity contribution in [1.82, 2.24) is 0 Å². The van der Waals surface area contributed by atoms with E-state index in [1.807, 2.05) is 30.3 Å². The summed E-state index contributed by atoms with van der Waals surface area (Å²) in [6.07, 6.45) is 0. The number of rotatable bonds is 3. The maximum atomic E-state index is 6.20. The zero-order valence-corrected chi connectivity index (χ0v) is 13.7. The third-order valence-electron chi connectivity index (χ3n) is 3.57. The Labute approximate surface area is 138 Å². The van der Waals surface area contributed by atoms with Gasteiger partial charge in [0.05, 0.1) is 0 Å². The molecule has 0 atom stereocenters. The Morgan fingerprint density at radius 3 is 1.57 bits per heavy atom. The molecular weight excluding hydrogens is 344 g/mol. The van der Waals surface area contributed by atoms with E-state index in [0.717, 1.165) is 10.6 Å². The van der Waals surface area contributed by atoms with E-state index < -0.39 is 4.32 Å². The van der Waals surface area contributed by atoms with Crippen LogP contribution in [0.2, 0.25) is 5.02 Å². The van der Waals surface area contributed by atoms with Gasteiger partial charge in [0.15, 0.2) is 0 Å². The van der Waals surface area contributed by atoms with Gasteiger partial charge in [-0.15, -0.1) is 0 Å². The molecule has 0 N–H and O–H groups in total. The van der Waals surface area contributed by atoms with Crippen LogP contribution in [-0.4, -0.2) is 0 Å². The van der Waals surface area contributed by atoms with Gasteiger partial charge in [-0.1, -0.05) is 100 Å². The predicted octanol–water partition coefficient (Wildman–Crippen LogP) is 6.03. The van der Waals surface area contributed by atoms with Crippen LogP contribution >= 0.6 is 27.5 Å². The van der Waals surface area contributed by atoms with Gasteiger partial charge in [0.1, 0.15) is 4.32 Å². The number of hydrogen-bond donors (Lipinski definition) is 0. The van der Waals surface area contributed by atoms with Gasteiger partial charge in [0.2, 0.25) is 0 Å². The summed E-state index contributed by atoms with van der Waals surface area (Å²) in [4.78, 5) is 0. The molecule has 2 heteroatoms. The molecule has 3 aromatic rings. The fraction of sp³-hybridized carbons (Fsp3) is 0.0526. The topological polar surface area (TPSA) is 0 Å². The summed E-state index contributed by atoms with van der Waals surface area (Å²) in [6.45, 7) is 0. The van der Waals surface area contributed by atoms with E-state index in [2.05, 4.69) is 70.5 Å². The van der Waals surface area contributed by atoms with Crippen LogP contribution in [0.1, 0.15) is 16.7 Å². The highest BCUT2D eigenvalue weighted by atomic mass is 79.9. The van der Waals surface area contributed by atoms with Crippen LogP contribution < -0.4 is 0 Å². The minimum absolute atomic E-state index is 0.402. The van der Waals surface area contributed by atoms with Crippen molar-refractivity contribution >= 4 is 27.5 Å². The molecule has 21 heavy (non-hydrogen) atoms. The maximum Gasteiger partial charge on any atom is 0.100 e. The molecule has 3 aromatic carbocycles. The van der Waals surface area contributed by atoms with E-state index in [9.17, 15) is 0 Å². The lowest BCUT2D eigenvalue weighted by atomic mass is 9.85. The second kappa shape index (κ2) is 6.05. The van der Waals surface area contributed by atoms with Crippen molar-refractivity contribution in [3.63, 3.8) is 0 Å². The van der Waals surface area contributed by atoms with E-state index in [1.54, 1.807) is 0 Å². The maximum absolute atomic E-state index is 6.20. The van der Waals surface area contributed by atoms with Gasteiger partial charge >= 0.3 is 0 Å². The van der Waals surface area contributed by atoms with E-state index >= 15 is 0 Å². The first-order valence-electron chi connectivity index (χ1n) is 6.77. The standard InChI is InChI=1S/C19H14BrCl/c20-19(15-8-3-1-4-9-15,16-10-5-2-6-11-16)17-12-7-13-18(21)14-17/h1-14H. The molecule has 0 nitrogen and oxygen atoms in total. The first-order valence-corrected chi connectivity index (χ1v) is 7.94. The van der Waals surface area contributed by atoms with E-state index in [-0.39, 0.29) is 0 Å². The summed E-state index contributed by atoms with van der Waals surface area (Å²) in [5.41, 5.74) is 3.48. The molecule has 0 aliphatic rings. The van der Waals surface area contributed by atoms with Crippen LogP contribution in [-0.2, 0) is 4.32 Å². The van der Waals surface area contributed by atoms with Gasteiger partial charge in [0.25, 0.3) is 0 Å². The summed E-state index contributed by atoms with van der Waals surface area (Å²) in [6, 6.07) is 28.8. The Bertz CT molecular complexity index is 683. The normalized spacial score (nSPS) is 11.3. The van der Waals surface area contributed by atoms with Crippen molar-refractivity contribution in [2.75, 3.05) is 0 Å². The van der Waals surface area contributed by atoms with Crippen molar-refractivity contribution < 1.29 is 0 Å². The first-order chi connectivity index (χ1) is 10.2. The van der Waals surface area contributed by atoms with Gasteiger partial charge in [0, 0.05) is 5.02 Å². The third kappa shape index (κ3) is 2.76. The monoisotopic (exact) mass is 356 g/mol. The van der Waals surface area contributed by atoms with Crippen molar-refractivity contribution in [2.24, 2.45) is 0 Å². The zero-order chi connectivity index (χ0) is 14.7. The van der Waals surface area contributed by atoms with Crippen LogP contribution in [0.4, 0.5) is 0 Å². The molecule has 0 unspecified atom stereocenters. The van der Waals surface area contributed by atoms with Crippen molar-refractivity contribution in [3.8, 4) is 0 Å². The van der Waals surface area contributed by atoms with Gasteiger partial charge in [-0.2, -0.15) is 0 Å². The van der Waals surface area contributed by atoms with E-state index in [1.165, 1.54) is 11.1 Å². The molecule has 0 spiro atoms. The number of hydrogen-bond acceptors (Lipinski definition) is 0. The molecule has 0 heterocycles. The number of alkyl halides is 1. The molecular formula is C19H14BrCl. The smallest absolute Gasteiger partial charge is 0.0843 e. The molecule has 0 aromatic heterocycles. The average Bonchev–Trinajstić information content (AvgIpc) is 2.56. The van der Waals surface area contributed by atoms with Gasteiger partial charge in [-0.25, -0.2) is 0 Å². The summed E-state index contributed by atoms with van der Waals surface area (Å²) < 4.78 is -0.402. The molecule has 0 radical (unpaired) electrons. The van der Waals surface area contributed by atoms with Crippen LogP contribution in [0.25, 0.3) is 0 Å². The predicted molar refractivity (Wildman–Crippen MR) is 93.1 cm³/mol. The highest BCUT2D eigenvalue weighted by Crippen LogP contribution is 2.45. The van der Waals surface area contributed by atoms with Crippen molar-refractivity contribution in [3.05, 3.63) is 107 Å². The average molecular weight is 358 g/mol. The molecule has 0 bridgehead atoms. The number of halogens is 2. The molecule has 0 aliphatic heterocycles. The second-order valence-corrected chi connectivity index (χ2v) is 6.53. The Morgan fingerprint density at radius 1 is 0.619 bits per heavy atom. The first kappa shape index (κ1) is 14.4. The Balaban J connectivity index is 2.25. The van der Waals surface area contributed by atoms with E-state index in [4.69, 9.17) is 11.6 Å². The summed E-state index contributed by atoms with van der Waals surface area (Å²) >= 11 is 10.2. The second-order valence-electron chi connectivity index (χ2n) is 4.90. The molecule has 0 fully saturated rings. The zero-order valence-electron chi connectivity index (χ0n) is 11.3. The lowest BCUT2D eigenvalue weighted by molar-refractivity contribution is 0.917. The SMILES string of the molecule is Clc1cccc(C(Br)(c2ccccc2)c2ccccc2)c1. The third-order valence-corrected chi connectivity index (χ3v) is 5.17. The lowest BCUT2D eigenvalue weighted by Crippen LogP contribution is -2.21. The van der Waals surface area contributed by atoms with Gasteiger partial charge in [-0.05, 0) is 28.8 Å². The Hall–Kier alpha value is -1.57. The van der Waals surface area contributed by atoms with Crippen LogP contribution in [0.5, 0.6) is 0 Å². The fourth-order valence-electron chi connectivity index (χ4n) is 2.54. The summed E-state index contributed by atoms with van der Waals surface area (Å²) in [7, 11) is 0. The van der Waals surface area contributed by atoms with Crippen molar-refractivity contribution in [1.29, 1.82) is 0 Å². The van der Waals surface area contributed by atoms with Crippen LogP contribution in [0.3, 0.4) is 0 Å².